The van der Waals surface area contributed by atoms with E-state index in [1.54, 1.807) is 0 Å². The van der Waals surface area contributed by atoms with E-state index in [2.05, 4.69) is 46.9 Å². The molecule has 0 atom stereocenters. The standard InChI is InChI=1S/C18H29NO2/c1-3-4-15-19(17-12-8-7-9-13-17)16-11-6-5-10-14-18(20)21-2/h7-9,12-13H,3-6,10-11,14-16H2,1-2H3. The number of carbonyl (C=O) groups is 1. The highest BCUT2D eigenvalue weighted by Crippen LogP contribution is 2.15. The summed E-state index contributed by atoms with van der Waals surface area (Å²) < 4.78 is 4.65. The van der Waals surface area contributed by atoms with Crippen LogP contribution >= 0.6 is 0 Å². The number of anilines is 1. The van der Waals surface area contributed by atoms with Crippen LogP contribution in [-0.2, 0) is 9.53 Å². The van der Waals surface area contributed by atoms with Crippen molar-refractivity contribution in [1.29, 1.82) is 0 Å². The maximum absolute atomic E-state index is 11.0. The van der Waals surface area contributed by atoms with Crippen molar-refractivity contribution >= 4 is 11.7 Å². The molecule has 3 nitrogen and oxygen atoms in total. The fourth-order valence-corrected chi connectivity index (χ4v) is 2.39. The highest BCUT2D eigenvalue weighted by Gasteiger charge is 2.05. The van der Waals surface area contributed by atoms with Crippen LogP contribution in [0.15, 0.2) is 30.3 Å². The van der Waals surface area contributed by atoms with Gasteiger partial charge in [-0.3, -0.25) is 4.79 Å². The second-order valence-corrected chi connectivity index (χ2v) is 5.42. The Bertz CT molecular complexity index is 378. The molecule has 1 aromatic rings. The Hall–Kier alpha value is -1.51. The van der Waals surface area contributed by atoms with Crippen LogP contribution in [0.2, 0.25) is 0 Å². The van der Waals surface area contributed by atoms with Crippen LogP contribution in [0.1, 0.15) is 51.9 Å². The zero-order valence-electron chi connectivity index (χ0n) is 13.5. The van der Waals surface area contributed by atoms with Crippen molar-refractivity contribution in [1.82, 2.24) is 0 Å². The molecule has 0 heterocycles. The molecule has 0 saturated heterocycles. The topological polar surface area (TPSA) is 29.5 Å². The van der Waals surface area contributed by atoms with Gasteiger partial charge >= 0.3 is 5.97 Å². The molecule has 21 heavy (non-hydrogen) atoms. The van der Waals surface area contributed by atoms with Gasteiger partial charge in [-0.25, -0.2) is 0 Å². The molecule has 0 saturated carbocycles. The fourth-order valence-electron chi connectivity index (χ4n) is 2.39. The van der Waals surface area contributed by atoms with Crippen LogP contribution in [0.3, 0.4) is 0 Å². The number of rotatable bonds is 11. The summed E-state index contributed by atoms with van der Waals surface area (Å²) in [5.41, 5.74) is 1.32. The molecular weight excluding hydrogens is 262 g/mol. The first-order chi connectivity index (χ1) is 10.3. The van der Waals surface area contributed by atoms with Gasteiger partial charge in [0.25, 0.3) is 0 Å². The minimum absolute atomic E-state index is 0.0937. The van der Waals surface area contributed by atoms with Gasteiger partial charge < -0.3 is 9.64 Å². The molecule has 0 bridgehead atoms. The molecule has 0 N–H and O–H groups in total. The van der Waals surface area contributed by atoms with Gasteiger partial charge in [0.05, 0.1) is 7.11 Å². The largest absolute Gasteiger partial charge is 0.469 e. The Morgan fingerprint density at radius 3 is 2.33 bits per heavy atom. The Morgan fingerprint density at radius 2 is 1.67 bits per heavy atom. The van der Waals surface area contributed by atoms with Gasteiger partial charge in [-0.05, 0) is 31.4 Å². The van der Waals surface area contributed by atoms with Gasteiger partial charge in [-0.15, -0.1) is 0 Å². The van der Waals surface area contributed by atoms with E-state index in [1.807, 2.05) is 0 Å². The molecule has 0 aliphatic carbocycles. The van der Waals surface area contributed by atoms with Crippen molar-refractivity contribution in [3.8, 4) is 0 Å². The molecule has 0 amide bonds. The quantitative estimate of drug-likeness (QED) is 0.446. The SMILES string of the molecule is CCCCN(CCCCCCC(=O)OC)c1ccccc1. The van der Waals surface area contributed by atoms with Crippen molar-refractivity contribution < 1.29 is 9.53 Å². The third-order valence-corrected chi connectivity index (χ3v) is 3.69. The summed E-state index contributed by atoms with van der Waals surface area (Å²) in [6.07, 6.45) is 7.40. The van der Waals surface area contributed by atoms with Crippen molar-refractivity contribution in [2.24, 2.45) is 0 Å². The maximum Gasteiger partial charge on any atom is 0.305 e. The molecule has 0 aliphatic heterocycles. The second-order valence-electron chi connectivity index (χ2n) is 5.42. The van der Waals surface area contributed by atoms with Gasteiger partial charge in [0.1, 0.15) is 0 Å². The average molecular weight is 291 g/mol. The number of hydrogen-bond acceptors (Lipinski definition) is 3. The number of hydrogen-bond donors (Lipinski definition) is 0. The molecule has 0 aliphatic rings. The van der Waals surface area contributed by atoms with Crippen molar-refractivity contribution in [2.75, 3.05) is 25.1 Å². The summed E-state index contributed by atoms with van der Waals surface area (Å²) >= 11 is 0. The summed E-state index contributed by atoms with van der Waals surface area (Å²) in [5, 5.41) is 0. The lowest BCUT2D eigenvalue weighted by Crippen LogP contribution is -2.25. The van der Waals surface area contributed by atoms with E-state index in [4.69, 9.17) is 0 Å². The first-order valence-corrected chi connectivity index (χ1v) is 8.14. The van der Waals surface area contributed by atoms with E-state index in [9.17, 15) is 4.79 Å². The van der Waals surface area contributed by atoms with Crippen molar-refractivity contribution in [2.45, 2.75) is 51.9 Å². The molecule has 0 radical (unpaired) electrons. The Labute approximate surface area is 129 Å². The van der Waals surface area contributed by atoms with Crippen LogP contribution in [0, 0.1) is 0 Å². The third-order valence-electron chi connectivity index (χ3n) is 3.69. The number of nitrogens with zero attached hydrogens (tertiary/aromatic N) is 1. The summed E-state index contributed by atoms with van der Waals surface area (Å²) in [6.45, 7) is 4.46. The van der Waals surface area contributed by atoms with E-state index in [0.717, 1.165) is 25.9 Å². The molecular formula is C18H29NO2. The highest BCUT2D eigenvalue weighted by atomic mass is 16.5. The zero-order chi connectivity index (χ0) is 15.3. The minimum atomic E-state index is -0.0937. The molecule has 0 unspecified atom stereocenters. The Balaban J connectivity index is 2.25. The number of ether oxygens (including phenoxy) is 1. The zero-order valence-corrected chi connectivity index (χ0v) is 13.5. The first-order valence-electron chi connectivity index (χ1n) is 8.14. The lowest BCUT2D eigenvalue weighted by Gasteiger charge is -2.24. The maximum atomic E-state index is 11.0. The van der Waals surface area contributed by atoms with Crippen molar-refractivity contribution in [3.63, 3.8) is 0 Å². The monoisotopic (exact) mass is 291 g/mol. The lowest BCUT2D eigenvalue weighted by molar-refractivity contribution is -0.140. The Morgan fingerprint density at radius 1 is 1.00 bits per heavy atom. The molecule has 1 aromatic carbocycles. The van der Waals surface area contributed by atoms with E-state index in [-0.39, 0.29) is 5.97 Å². The molecule has 0 fully saturated rings. The van der Waals surface area contributed by atoms with Crippen LogP contribution in [0.5, 0.6) is 0 Å². The summed E-state index contributed by atoms with van der Waals surface area (Å²) in [4.78, 5) is 13.5. The highest BCUT2D eigenvalue weighted by molar-refractivity contribution is 5.68. The van der Waals surface area contributed by atoms with Crippen molar-refractivity contribution in [3.05, 3.63) is 30.3 Å². The molecule has 118 valence electrons. The van der Waals surface area contributed by atoms with Crippen LogP contribution < -0.4 is 4.90 Å². The van der Waals surface area contributed by atoms with Gasteiger partial charge in [0, 0.05) is 25.2 Å². The normalized spacial score (nSPS) is 10.4. The lowest BCUT2D eigenvalue weighted by atomic mass is 10.1. The molecule has 1 rings (SSSR count). The molecule has 0 spiro atoms. The summed E-state index contributed by atoms with van der Waals surface area (Å²) in [7, 11) is 1.45. The smallest absolute Gasteiger partial charge is 0.305 e. The van der Waals surface area contributed by atoms with E-state index in [1.165, 1.54) is 38.5 Å². The average Bonchev–Trinajstić information content (AvgIpc) is 2.54. The molecule has 3 heteroatoms. The molecule has 0 aromatic heterocycles. The van der Waals surface area contributed by atoms with Crippen LogP contribution in [0.4, 0.5) is 5.69 Å². The summed E-state index contributed by atoms with van der Waals surface area (Å²) in [6, 6.07) is 10.6. The number of para-hydroxylation sites is 1. The first kappa shape index (κ1) is 17.5. The predicted molar refractivity (Wildman–Crippen MR) is 88.7 cm³/mol. The summed E-state index contributed by atoms with van der Waals surface area (Å²) in [5.74, 6) is -0.0937. The van der Waals surface area contributed by atoms with Gasteiger partial charge in [0.15, 0.2) is 0 Å². The van der Waals surface area contributed by atoms with E-state index >= 15 is 0 Å². The number of methoxy groups -OCH3 is 1. The van der Waals surface area contributed by atoms with Crippen LogP contribution in [0.25, 0.3) is 0 Å². The van der Waals surface area contributed by atoms with Gasteiger partial charge in [0.2, 0.25) is 0 Å². The number of unbranched alkanes of at least 4 members (excludes halogenated alkanes) is 4. The minimum Gasteiger partial charge on any atom is -0.469 e. The van der Waals surface area contributed by atoms with E-state index < -0.39 is 0 Å². The number of carbonyl (C=O) groups excluding carboxylic acids is 1. The number of benzene rings is 1. The van der Waals surface area contributed by atoms with Gasteiger partial charge in [-0.1, -0.05) is 44.4 Å². The third kappa shape index (κ3) is 7.74. The second kappa shape index (κ2) is 11.2. The predicted octanol–water partition coefficient (Wildman–Crippen LogP) is 4.42. The number of esters is 1. The van der Waals surface area contributed by atoms with E-state index in [0.29, 0.717) is 6.42 Å². The fraction of sp³-hybridized carbons (Fsp3) is 0.611. The Kier molecular flexibility index (Phi) is 9.34. The van der Waals surface area contributed by atoms with Crippen LogP contribution in [-0.4, -0.2) is 26.2 Å². The van der Waals surface area contributed by atoms with Gasteiger partial charge in [-0.2, -0.15) is 0 Å².